The van der Waals surface area contributed by atoms with Crippen LogP contribution in [0.3, 0.4) is 0 Å². The van der Waals surface area contributed by atoms with Crippen molar-refractivity contribution < 1.29 is 14.3 Å². The summed E-state index contributed by atoms with van der Waals surface area (Å²) < 4.78 is 11.0. The minimum absolute atomic E-state index is 0.279. The van der Waals surface area contributed by atoms with E-state index in [0.717, 1.165) is 38.8 Å². The summed E-state index contributed by atoms with van der Waals surface area (Å²) in [6, 6.07) is 4.56. The van der Waals surface area contributed by atoms with Gasteiger partial charge in [-0.2, -0.15) is 0 Å². The Balaban J connectivity index is 1.84. The van der Waals surface area contributed by atoms with E-state index in [1.807, 2.05) is 27.7 Å². The average Bonchev–Trinajstić information content (AvgIpc) is 3.23. The van der Waals surface area contributed by atoms with Gasteiger partial charge in [0.25, 0.3) is 0 Å². The van der Waals surface area contributed by atoms with Gasteiger partial charge in [0.05, 0.1) is 19.3 Å². The van der Waals surface area contributed by atoms with E-state index in [4.69, 9.17) is 9.47 Å². The minimum atomic E-state index is -0.494. The molecule has 1 unspecified atom stereocenters. The van der Waals surface area contributed by atoms with Gasteiger partial charge in [0.2, 0.25) is 0 Å². The molecular weight excluding hydrogens is 402 g/mol. The summed E-state index contributed by atoms with van der Waals surface area (Å²) in [5, 5.41) is 8.86. The van der Waals surface area contributed by atoms with Crippen molar-refractivity contribution in [1.82, 2.24) is 20.4 Å². The fourth-order valence-corrected chi connectivity index (χ4v) is 4.07. The number of carbonyl (C=O) groups is 1. The molecule has 2 heterocycles. The Morgan fingerprint density at radius 1 is 1.37 bits per heavy atom. The van der Waals surface area contributed by atoms with E-state index < -0.39 is 5.60 Å². The van der Waals surface area contributed by atoms with E-state index in [1.54, 1.807) is 23.3 Å². The van der Waals surface area contributed by atoms with Crippen LogP contribution < -0.4 is 10.6 Å². The molecule has 2 N–H and O–H groups in total. The number of rotatable bonds is 8. The van der Waals surface area contributed by atoms with Gasteiger partial charge in [-0.1, -0.05) is 6.07 Å². The van der Waals surface area contributed by atoms with Crippen LogP contribution in [0.1, 0.15) is 38.6 Å². The van der Waals surface area contributed by atoms with Gasteiger partial charge in [-0.25, -0.2) is 4.79 Å². The molecular formula is C21H37N5O3S. The van der Waals surface area contributed by atoms with Crippen LogP contribution in [0.4, 0.5) is 4.79 Å². The normalized spacial score (nSPS) is 16.8. The summed E-state index contributed by atoms with van der Waals surface area (Å²) >= 11 is 1.78. The second-order valence-electron chi connectivity index (χ2n) is 8.12. The predicted molar refractivity (Wildman–Crippen MR) is 122 cm³/mol. The molecule has 0 aromatic carbocycles. The Labute approximate surface area is 184 Å². The molecule has 1 saturated heterocycles. The van der Waals surface area contributed by atoms with E-state index >= 15 is 0 Å². The summed E-state index contributed by atoms with van der Waals surface area (Å²) in [6.45, 7) is 13.5. The number of carbonyl (C=O) groups excluding carboxylic acids is 1. The number of morpholine rings is 1. The van der Waals surface area contributed by atoms with Crippen LogP contribution in [0.15, 0.2) is 22.5 Å². The lowest BCUT2D eigenvalue weighted by atomic mass is 10.2. The van der Waals surface area contributed by atoms with Gasteiger partial charge in [0, 0.05) is 51.2 Å². The van der Waals surface area contributed by atoms with E-state index in [9.17, 15) is 4.79 Å². The second-order valence-corrected chi connectivity index (χ2v) is 9.10. The second kappa shape index (κ2) is 12.1. The zero-order valence-electron chi connectivity index (χ0n) is 18.9. The first-order valence-electron chi connectivity index (χ1n) is 10.6. The summed E-state index contributed by atoms with van der Waals surface area (Å²) in [5.74, 6) is 0.727. The van der Waals surface area contributed by atoms with Gasteiger partial charge in [-0.3, -0.25) is 9.89 Å². The SMILES string of the molecule is CCN(CCNC(=NC)NCC(c1cccs1)N1CCOCC1)C(=O)OC(C)(C)C. The molecule has 0 aliphatic carbocycles. The first-order valence-corrected chi connectivity index (χ1v) is 11.5. The summed E-state index contributed by atoms with van der Waals surface area (Å²) in [6.07, 6.45) is -0.292. The van der Waals surface area contributed by atoms with Crippen molar-refractivity contribution in [3.05, 3.63) is 22.4 Å². The van der Waals surface area contributed by atoms with Crippen molar-refractivity contribution in [1.29, 1.82) is 0 Å². The number of hydrogen-bond donors (Lipinski definition) is 2. The summed E-state index contributed by atoms with van der Waals surface area (Å²) in [7, 11) is 1.76. The molecule has 0 radical (unpaired) electrons. The lowest BCUT2D eigenvalue weighted by Gasteiger charge is -2.34. The van der Waals surface area contributed by atoms with E-state index in [1.165, 1.54) is 4.88 Å². The first-order chi connectivity index (χ1) is 14.3. The summed E-state index contributed by atoms with van der Waals surface area (Å²) in [5.41, 5.74) is -0.494. The first kappa shape index (κ1) is 24.4. The summed E-state index contributed by atoms with van der Waals surface area (Å²) in [4.78, 5) is 22.1. The Hall–Kier alpha value is -1.84. The smallest absolute Gasteiger partial charge is 0.410 e. The van der Waals surface area contributed by atoms with E-state index in [-0.39, 0.29) is 12.1 Å². The highest BCUT2D eigenvalue weighted by atomic mass is 32.1. The van der Waals surface area contributed by atoms with Gasteiger partial charge in [0.1, 0.15) is 5.60 Å². The molecule has 0 saturated carbocycles. The predicted octanol–water partition coefficient (Wildman–Crippen LogP) is 2.54. The molecule has 1 atom stereocenters. The standard InChI is InChI=1S/C21H37N5O3S/c1-6-25(20(27)29-21(2,3)4)10-9-23-19(22-5)24-16-17(18-8-7-15-30-18)26-11-13-28-14-12-26/h7-8,15,17H,6,9-14,16H2,1-5H3,(H2,22,23,24). The highest BCUT2D eigenvalue weighted by Crippen LogP contribution is 2.25. The maximum absolute atomic E-state index is 12.3. The average molecular weight is 440 g/mol. The third-order valence-electron chi connectivity index (χ3n) is 4.75. The monoisotopic (exact) mass is 439 g/mol. The molecule has 1 aromatic rings. The number of thiophene rings is 1. The quantitative estimate of drug-likeness (QED) is 0.479. The van der Waals surface area contributed by atoms with Crippen LogP contribution in [-0.4, -0.2) is 87.0 Å². The molecule has 1 aromatic heterocycles. The van der Waals surface area contributed by atoms with Crippen LogP contribution in [-0.2, 0) is 9.47 Å². The third-order valence-corrected chi connectivity index (χ3v) is 5.73. The molecule has 8 nitrogen and oxygen atoms in total. The number of aliphatic imine (C=N–C) groups is 1. The number of ether oxygens (including phenoxy) is 2. The molecule has 170 valence electrons. The zero-order valence-corrected chi connectivity index (χ0v) is 19.8. The number of amides is 1. The van der Waals surface area contributed by atoms with Crippen LogP contribution >= 0.6 is 11.3 Å². The van der Waals surface area contributed by atoms with Gasteiger partial charge >= 0.3 is 6.09 Å². The zero-order chi connectivity index (χ0) is 22.0. The van der Waals surface area contributed by atoms with Crippen molar-refractivity contribution in [3.8, 4) is 0 Å². The third kappa shape index (κ3) is 8.12. The largest absolute Gasteiger partial charge is 0.444 e. The number of likely N-dealkylation sites (N-methyl/N-ethyl adjacent to an activating group) is 1. The van der Waals surface area contributed by atoms with Crippen molar-refractivity contribution in [2.24, 2.45) is 4.99 Å². The highest BCUT2D eigenvalue weighted by Gasteiger charge is 2.24. The van der Waals surface area contributed by atoms with Crippen LogP contribution in [0.5, 0.6) is 0 Å². The fraction of sp³-hybridized carbons (Fsp3) is 0.714. The number of hydrogen-bond acceptors (Lipinski definition) is 6. The molecule has 0 spiro atoms. The Bertz CT molecular complexity index is 654. The molecule has 0 bridgehead atoms. The minimum Gasteiger partial charge on any atom is -0.444 e. The maximum Gasteiger partial charge on any atom is 0.410 e. The van der Waals surface area contributed by atoms with Gasteiger partial charge in [-0.05, 0) is 39.1 Å². The van der Waals surface area contributed by atoms with Gasteiger partial charge in [0.15, 0.2) is 5.96 Å². The molecule has 30 heavy (non-hydrogen) atoms. The number of nitrogens with one attached hydrogen (secondary N) is 2. The van der Waals surface area contributed by atoms with E-state index in [2.05, 4.69) is 38.0 Å². The number of guanidine groups is 1. The Morgan fingerprint density at radius 2 is 2.10 bits per heavy atom. The lowest BCUT2D eigenvalue weighted by molar-refractivity contribution is 0.0176. The molecule has 1 aliphatic rings. The number of nitrogens with zero attached hydrogens (tertiary/aromatic N) is 3. The fourth-order valence-electron chi connectivity index (χ4n) is 3.21. The van der Waals surface area contributed by atoms with Crippen molar-refractivity contribution in [2.45, 2.75) is 39.3 Å². The Kier molecular flexibility index (Phi) is 9.87. The Morgan fingerprint density at radius 3 is 2.67 bits per heavy atom. The van der Waals surface area contributed by atoms with Crippen LogP contribution in [0, 0.1) is 0 Å². The van der Waals surface area contributed by atoms with Crippen molar-refractivity contribution >= 4 is 23.4 Å². The van der Waals surface area contributed by atoms with Gasteiger partial charge < -0.3 is 25.0 Å². The topological polar surface area (TPSA) is 78.4 Å². The maximum atomic E-state index is 12.3. The van der Waals surface area contributed by atoms with Crippen molar-refractivity contribution in [3.63, 3.8) is 0 Å². The molecule has 2 rings (SSSR count). The molecule has 1 aliphatic heterocycles. The van der Waals surface area contributed by atoms with Crippen molar-refractivity contribution in [2.75, 3.05) is 59.5 Å². The molecule has 1 amide bonds. The van der Waals surface area contributed by atoms with Crippen LogP contribution in [0.2, 0.25) is 0 Å². The van der Waals surface area contributed by atoms with E-state index in [0.29, 0.717) is 19.6 Å². The molecule has 9 heteroatoms. The molecule has 1 fully saturated rings. The highest BCUT2D eigenvalue weighted by molar-refractivity contribution is 7.10. The van der Waals surface area contributed by atoms with Gasteiger partial charge in [-0.15, -0.1) is 11.3 Å². The van der Waals surface area contributed by atoms with Crippen LogP contribution in [0.25, 0.3) is 0 Å². The lowest BCUT2D eigenvalue weighted by Crippen LogP contribution is -2.47.